The van der Waals surface area contributed by atoms with Gasteiger partial charge in [-0.1, -0.05) is 12.1 Å². The zero-order valence-corrected chi connectivity index (χ0v) is 9.92. The first-order valence-corrected chi connectivity index (χ1v) is 6.36. The van der Waals surface area contributed by atoms with Crippen LogP contribution in [0.1, 0.15) is 18.4 Å². The monoisotopic (exact) mass is 235 g/mol. The van der Waals surface area contributed by atoms with Gasteiger partial charge in [-0.3, -0.25) is 0 Å². The third kappa shape index (κ3) is 1.87. The summed E-state index contributed by atoms with van der Waals surface area (Å²) >= 11 is 0. The summed E-state index contributed by atoms with van der Waals surface area (Å²) in [5, 5.41) is 3.39. The van der Waals surface area contributed by atoms with E-state index in [0.717, 1.165) is 26.3 Å². The predicted octanol–water partition coefficient (Wildman–Crippen LogP) is 2.09. The van der Waals surface area contributed by atoms with Crippen molar-refractivity contribution in [2.45, 2.75) is 18.3 Å². The number of rotatable bonds is 2. The van der Waals surface area contributed by atoms with E-state index in [1.54, 1.807) is 12.1 Å². The molecule has 0 unspecified atom stereocenters. The minimum absolute atomic E-state index is 0.149. The minimum Gasteiger partial charge on any atom is -0.379 e. The van der Waals surface area contributed by atoms with E-state index < -0.39 is 0 Å². The smallest absolute Gasteiger partial charge is 0.123 e. The van der Waals surface area contributed by atoms with Gasteiger partial charge in [0.15, 0.2) is 0 Å². The molecule has 1 aromatic carbocycles. The summed E-state index contributed by atoms with van der Waals surface area (Å²) in [5.74, 6) is 0.511. The molecule has 1 N–H and O–H groups in total. The molecule has 0 saturated carbocycles. The Morgan fingerprint density at radius 2 is 1.76 bits per heavy atom. The van der Waals surface area contributed by atoms with Crippen molar-refractivity contribution < 1.29 is 9.13 Å². The second-order valence-electron chi connectivity index (χ2n) is 5.18. The number of halogens is 1. The number of ether oxygens (including phenoxy) is 1. The predicted molar refractivity (Wildman–Crippen MR) is 64.5 cm³/mol. The largest absolute Gasteiger partial charge is 0.379 e. The van der Waals surface area contributed by atoms with Crippen LogP contribution in [0.4, 0.5) is 4.39 Å². The van der Waals surface area contributed by atoms with Crippen LogP contribution in [0.15, 0.2) is 24.3 Å². The maximum Gasteiger partial charge on any atom is 0.123 e. The molecule has 1 aromatic rings. The van der Waals surface area contributed by atoms with E-state index >= 15 is 0 Å². The molecule has 2 saturated heterocycles. The molecule has 2 fully saturated rings. The van der Waals surface area contributed by atoms with Gasteiger partial charge < -0.3 is 10.1 Å². The lowest BCUT2D eigenvalue weighted by atomic mass is 9.65. The van der Waals surface area contributed by atoms with Gasteiger partial charge in [0.2, 0.25) is 0 Å². The molecule has 2 heterocycles. The Morgan fingerprint density at radius 1 is 1.12 bits per heavy atom. The number of nitrogens with one attached hydrogen (secondary N) is 1. The first kappa shape index (κ1) is 11.2. The van der Waals surface area contributed by atoms with Crippen molar-refractivity contribution in [1.82, 2.24) is 5.32 Å². The lowest BCUT2D eigenvalue weighted by molar-refractivity contribution is -0.0964. The fourth-order valence-corrected chi connectivity index (χ4v) is 3.12. The van der Waals surface area contributed by atoms with Crippen LogP contribution in [0.2, 0.25) is 0 Å². The summed E-state index contributed by atoms with van der Waals surface area (Å²) in [6.07, 6.45) is 2.39. The lowest BCUT2D eigenvalue weighted by Crippen LogP contribution is -2.54. The number of hydrogen-bond donors (Lipinski definition) is 1. The molecule has 0 aromatic heterocycles. The Labute approximate surface area is 101 Å². The summed E-state index contributed by atoms with van der Waals surface area (Å²) in [6, 6.07) is 6.99. The molecule has 17 heavy (non-hydrogen) atoms. The van der Waals surface area contributed by atoms with Crippen molar-refractivity contribution in [3.8, 4) is 0 Å². The van der Waals surface area contributed by atoms with Gasteiger partial charge in [0, 0.05) is 5.41 Å². The van der Waals surface area contributed by atoms with Crippen molar-refractivity contribution in [3.05, 3.63) is 35.6 Å². The Balaban J connectivity index is 1.87. The van der Waals surface area contributed by atoms with E-state index in [1.807, 2.05) is 12.1 Å². The van der Waals surface area contributed by atoms with E-state index in [0.29, 0.717) is 5.92 Å². The molecule has 3 rings (SSSR count). The van der Waals surface area contributed by atoms with Crippen LogP contribution in [-0.4, -0.2) is 26.3 Å². The van der Waals surface area contributed by atoms with Crippen LogP contribution in [0, 0.1) is 11.7 Å². The van der Waals surface area contributed by atoms with Gasteiger partial charge in [-0.25, -0.2) is 4.39 Å². The average Bonchev–Trinajstić information content (AvgIpc) is 2.32. The maximum absolute atomic E-state index is 13.0. The fourth-order valence-electron chi connectivity index (χ4n) is 3.12. The number of piperidine rings is 1. The van der Waals surface area contributed by atoms with Crippen LogP contribution in [0.5, 0.6) is 0 Å². The standard InChI is InChI=1S/C14H18FNO/c15-13-3-1-11(2-4-13)14(9-17-10-14)12-5-7-16-8-6-12/h1-4,12,16H,5-10H2. The highest BCUT2D eigenvalue weighted by Gasteiger charge is 2.46. The van der Waals surface area contributed by atoms with Crippen molar-refractivity contribution in [2.75, 3.05) is 26.3 Å². The van der Waals surface area contributed by atoms with Gasteiger partial charge in [-0.2, -0.15) is 0 Å². The summed E-state index contributed by atoms with van der Waals surface area (Å²) in [4.78, 5) is 0. The molecular weight excluding hydrogens is 217 g/mol. The van der Waals surface area contributed by atoms with Crippen LogP contribution in [0.3, 0.4) is 0 Å². The highest BCUT2D eigenvalue weighted by molar-refractivity contribution is 5.30. The summed E-state index contributed by atoms with van der Waals surface area (Å²) in [7, 11) is 0. The molecule has 92 valence electrons. The number of benzene rings is 1. The third-order valence-electron chi connectivity index (χ3n) is 4.26. The van der Waals surface area contributed by atoms with Gasteiger partial charge in [-0.05, 0) is 49.5 Å². The molecule has 0 radical (unpaired) electrons. The molecule has 2 aliphatic rings. The lowest BCUT2D eigenvalue weighted by Gasteiger charge is -2.49. The van der Waals surface area contributed by atoms with Crippen LogP contribution >= 0.6 is 0 Å². The average molecular weight is 235 g/mol. The SMILES string of the molecule is Fc1ccc(C2(C3CCNCC3)COC2)cc1. The number of hydrogen-bond acceptors (Lipinski definition) is 2. The molecule has 0 amide bonds. The Morgan fingerprint density at radius 3 is 2.29 bits per heavy atom. The van der Waals surface area contributed by atoms with Crippen LogP contribution in [-0.2, 0) is 10.2 Å². The van der Waals surface area contributed by atoms with Crippen molar-refractivity contribution in [2.24, 2.45) is 5.92 Å². The summed E-state index contributed by atoms with van der Waals surface area (Å²) in [6.45, 7) is 3.77. The van der Waals surface area contributed by atoms with Gasteiger partial charge in [-0.15, -0.1) is 0 Å². The van der Waals surface area contributed by atoms with E-state index in [-0.39, 0.29) is 11.2 Å². The molecule has 3 heteroatoms. The van der Waals surface area contributed by atoms with E-state index in [1.165, 1.54) is 18.4 Å². The molecular formula is C14H18FNO. The zero-order chi connectivity index (χ0) is 11.7. The highest BCUT2D eigenvalue weighted by Crippen LogP contribution is 2.43. The Hall–Kier alpha value is -0.930. The van der Waals surface area contributed by atoms with Crippen molar-refractivity contribution in [1.29, 1.82) is 0 Å². The molecule has 0 aliphatic carbocycles. The normalized spacial score (nSPS) is 24.3. The van der Waals surface area contributed by atoms with E-state index in [4.69, 9.17) is 4.74 Å². The zero-order valence-electron chi connectivity index (χ0n) is 9.92. The molecule has 2 aliphatic heterocycles. The van der Waals surface area contributed by atoms with Crippen molar-refractivity contribution in [3.63, 3.8) is 0 Å². The van der Waals surface area contributed by atoms with Crippen LogP contribution < -0.4 is 5.32 Å². The van der Waals surface area contributed by atoms with Gasteiger partial charge >= 0.3 is 0 Å². The van der Waals surface area contributed by atoms with Crippen molar-refractivity contribution >= 4 is 0 Å². The topological polar surface area (TPSA) is 21.3 Å². The molecule has 2 nitrogen and oxygen atoms in total. The van der Waals surface area contributed by atoms with E-state index in [2.05, 4.69) is 5.32 Å². The van der Waals surface area contributed by atoms with Crippen LogP contribution in [0.25, 0.3) is 0 Å². The maximum atomic E-state index is 13.0. The second-order valence-corrected chi connectivity index (χ2v) is 5.18. The first-order valence-electron chi connectivity index (χ1n) is 6.36. The summed E-state index contributed by atoms with van der Waals surface area (Å²) < 4.78 is 18.5. The molecule has 0 bridgehead atoms. The Kier molecular flexibility index (Phi) is 2.89. The Bertz CT molecular complexity index is 380. The quantitative estimate of drug-likeness (QED) is 0.847. The summed E-state index contributed by atoms with van der Waals surface area (Å²) in [5.41, 5.74) is 1.40. The third-order valence-corrected chi connectivity index (χ3v) is 4.26. The van der Waals surface area contributed by atoms with Gasteiger partial charge in [0.25, 0.3) is 0 Å². The molecule has 0 atom stereocenters. The fraction of sp³-hybridized carbons (Fsp3) is 0.571. The second kappa shape index (κ2) is 4.39. The molecule has 0 spiro atoms. The van der Waals surface area contributed by atoms with E-state index in [9.17, 15) is 4.39 Å². The minimum atomic E-state index is -0.158. The highest BCUT2D eigenvalue weighted by atomic mass is 19.1. The van der Waals surface area contributed by atoms with Gasteiger partial charge in [0.1, 0.15) is 5.82 Å². The van der Waals surface area contributed by atoms with Gasteiger partial charge in [0.05, 0.1) is 13.2 Å². The first-order chi connectivity index (χ1) is 8.31.